The van der Waals surface area contributed by atoms with Crippen LogP contribution in [0.15, 0.2) is 36.4 Å². The molecule has 5 nitrogen and oxygen atoms in total. The molecule has 0 fully saturated rings. The second-order valence-electron chi connectivity index (χ2n) is 3.28. The van der Waals surface area contributed by atoms with Gasteiger partial charge in [0.1, 0.15) is 0 Å². The SMILES string of the molecule is O=C(O)c1cc([N+](=O)[O-])cc2ccccc12.[Ca+2].[H-].[H-]. The summed E-state index contributed by atoms with van der Waals surface area (Å²) in [5.41, 5.74) is -0.263. The quantitative estimate of drug-likeness (QED) is 0.509. The van der Waals surface area contributed by atoms with Crippen molar-refractivity contribution in [3.63, 3.8) is 0 Å². The number of nitro groups is 1. The van der Waals surface area contributed by atoms with Gasteiger partial charge in [-0.3, -0.25) is 10.1 Å². The van der Waals surface area contributed by atoms with Crippen molar-refractivity contribution in [1.29, 1.82) is 0 Å². The van der Waals surface area contributed by atoms with Gasteiger partial charge in [0, 0.05) is 12.1 Å². The maximum atomic E-state index is 11.0. The van der Waals surface area contributed by atoms with Crippen LogP contribution < -0.4 is 0 Å². The Kier molecular flexibility index (Phi) is 4.45. The topological polar surface area (TPSA) is 80.4 Å². The number of carboxylic acids is 1. The van der Waals surface area contributed by atoms with E-state index in [1.54, 1.807) is 24.3 Å². The van der Waals surface area contributed by atoms with Crippen LogP contribution in [0.2, 0.25) is 0 Å². The number of benzene rings is 2. The summed E-state index contributed by atoms with van der Waals surface area (Å²) >= 11 is 0. The molecular formula is C11H9CaNO4. The summed E-state index contributed by atoms with van der Waals surface area (Å²) in [5, 5.41) is 20.6. The first-order chi connectivity index (χ1) is 7.59. The largest absolute Gasteiger partial charge is 2.00 e. The van der Waals surface area contributed by atoms with Gasteiger partial charge in [-0.2, -0.15) is 0 Å². The Labute approximate surface area is 129 Å². The van der Waals surface area contributed by atoms with Crippen LogP contribution in [0.25, 0.3) is 10.8 Å². The van der Waals surface area contributed by atoms with Crippen molar-refractivity contribution in [2.24, 2.45) is 0 Å². The van der Waals surface area contributed by atoms with E-state index >= 15 is 0 Å². The zero-order chi connectivity index (χ0) is 11.7. The molecule has 0 aromatic heterocycles. The number of aromatic carboxylic acids is 1. The molecule has 2 rings (SSSR count). The van der Waals surface area contributed by atoms with Gasteiger partial charge in [-0.25, -0.2) is 4.79 Å². The van der Waals surface area contributed by atoms with Crippen LogP contribution in [0.5, 0.6) is 0 Å². The van der Waals surface area contributed by atoms with Gasteiger partial charge in [-0.1, -0.05) is 24.3 Å². The fraction of sp³-hybridized carbons (Fsp3) is 0. The van der Waals surface area contributed by atoms with Crippen molar-refractivity contribution < 1.29 is 17.7 Å². The fourth-order valence-electron chi connectivity index (χ4n) is 1.58. The predicted molar refractivity (Wildman–Crippen MR) is 65.5 cm³/mol. The van der Waals surface area contributed by atoms with Gasteiger partial charge in [-0.05, 0) is 10.8 Å². The summed E-state index contributed by atoms with van der Waals surface area (Å²) in [6.45, 7) is 0. The molecule has 0 radical (unpaired) electrons. The molecule has 0 atom stereocenters. The molecule has 0 saturated heterocycles. The van der Waals surface area contributed by atoms with Crippen LogP contribution in [0.1, 0.15) is 13.2 Å². The monoisotopic (exact) mass is 259 g/mol. The number of hydrogen-bond acceptors (Lipinski definition) is 3. The first kappa shape index (κ1) is 13.9. The number of fused-ring (bicyclic) bond motifs is 1. The zero-order valence-corrected chi connectivity index (χ0v) is 11.0. The fourth-order valence-corrected chi connectivity index (χ4v) is 1.58. The van der Waals surface area contributed by atoms with E-state index in [-0.39, 0.29) is 51.8 Å². The number of hydrogen-bond donors (Lipinski definition) is 1. The molecule has 0 amide bonds. The van der Waals surface area contributed by atoms with Crippen LogP contribution in [0.4, 0.5) is 5.69 Å². The molecule has 0 aliphatic carbocycles. The van der Waals surface area contributed by atoms with E-state index in [4.69, 9.17) is 5.11 Å². The Hall–Kier alpha value is -1.17. The second kappa shape index (κ2) is 5.44. The number of nitro benzene ring substituents is 1. The number of carboxylic acid groups (broad SMARTS) is 1. The summed E-state index contributed by atoms with van der Waals surface area (Å²) in [6, 6.07) is 9.11. The van der Waals surface area contributed by atoms with Crippen LogP contribution in [-0.2, 0) is 0 Å². The molecule has 0 spiro atoms. The standard InChI is InChI=1S/C11H7NO4.Ca.2H/c13-11(14)10-6-8(12(15)16)5-7-3-1-2-4-9(7)10;;;/h1-6H,(H,13,14);;;/q;+2;2*-1. The number of non-ortho nitro benzene ring substituents is 1. The molecule has 0 heterocycles. The van der Waals surface area contributed by atoms with Crippen molar-refractivity contribution >= 4 is 60.2 Å². The minimum atomic E-state index is -1.17. The Morgan fingerprint density at radius 2 is 1.94 bits per heavy atom. The van der Waals surface area contributed by atoms with Crippen LogP contribution in [0, 0.1) is 10.1 Å². The zero-order valence-electron chi connectivity index (χ0n) is 10.8. The van der Waals surface area contributed by atoms with Crippen molar-refractivity contribution in [3.8, 4) is 0 Å². The first-order valence-electron chi connectivity index (χ1n) is 4.50. The maximum Gasteiger partial charge on any atom is 2.00 e. The van der Waals surface area contributed by atoms with E-state index in [0.29, 0.717) is 10.8 Å². The molecule has 17 heavy (non-hydrogen) atoms. The summed E-state index contributed by atoms with van der Waals surface area (Å²) in [7, 11) is 0. The van der Waals surface area contributed by atoms with Gasteiger partial charge in [0.25, 0.3) is 5.69 Å². The molecule has 0 aliphatic rings. The van der Waals surface area contributed by atoms with Crippen molar-refractivity contribution in [2.75, 3.05) is 0 Å². The smallest absolute Gasteiger partial charge is 1.00 e. The molecule has 84 valence electrons. The Morgan fingerprint density at radius 3 is 2.53 bits per heavy atom. The number of carbonyl (C=O) groups is 1. The molecule has 0 aliphatic heterocycles. The van der Waals surface area contributed by atoms with E-state index < -0.39 is 10.9 Å². The van der Waals surface area contributed by atoms with Crippen molar-refractivity contribution in [1.82, 2.24) is 0 Å². The van der Waals surface area contributed by atoms with Crippen LogP contribution >= 0.6 is 0 Å². The third-order valence-electron chi connectivity index (χ3n) is 2.29. The van der Waals surface area contributed by atoms with Gasteiger partial charge in [-0.15, -0.1) is 0 Å². The Balaban J connectivity index is 0. The van der Waals surface area contributed by atoms with Crippen molar-refractivity contribution in [3.05, 3.63) is 52.1 Å². The predicted octanol–water partition coefficient (Wildman–Crippen LogP) is 2.29. The molecular weight excluding hydrogens is 250 g/mol. The average molecular weight is 259 g/mol. The average Bonchev–Trinajstić information content (AvgIpc) is 2.27. The van der Waals surface area contributed by atoms with Gasteiger partial charge >= 0.3 is 43.7 Å². The Morgan fingerprint density at radius 1 is 1.29 bits per heavy atom. The minimum absolute atomic E-state index is 0. The van der Waals surface area contributed by atoms with Crippen LogP contribution in [-0.4, -0.2) is 53.7 Å². The normalized spacial score (nSPS) is 9.65. The maximum absolute atomic E-state index is 11.0. The third-order valence-corrected chi connectivity index (χ3v) is 2.29. The molecule has 1 N–H and O–H groups in total. The summed E-state index contributed by atoms with van der Waals surface area (Å²) in [6.07, 6.45) is 0. The second-order valence-corrected chi connectivity index (χ2v) is 3.28. The van der Waals surface area contributed by atoms with Gasteiger partial charge in [0.05, 0.1) is 10.5 Å². The molecule has 0 saturated carbocycles. The van der Waals surface area contributed by atoms with E-state index in [0.717, 1.165) is 6.07 Å². The number of nitrogens with zero attached hydrogens (tertiary/aromatic N) is 1. The molecule has 2 aromatic rings. The van der Waals surface area contributed by atoms with Crippen LogP contribution in [0.3, 0.4) is 0 Å². The van der Waals surface area contributed by atoms with Gasteiger partial charge in [0.2, 0.25) is 0 Å². The summed E-state index contributed by atoms with van der Waals surface area (Å²) < 4.78 is 0. The minimum Gasteiger partial charge on any atom is -1.00 e. The first-order valence-corrected chi connectivity index (χ1v) is 4.50. The third kappa shape index (κ3) is 2.74. The number of rotatable bonds is 2. The molecule has 0 unspecified atom stereocenters. The molecule has 2 aromatic carbocycles. The summed E-state index contributed by atoms with van der Waals surface area (Å²) in [5.74, 6) is -1.17. The van der Waals surface area contributed by atoms with Gasteiger partial charge in [0.15, 0.2) is 0 Å². The van der Waals surface area contributed by atoms with E-state index in [1.807, 2.05) is 0 Å². The van der Waals surface area contributed by atoms with E-state index in [1.165, 1.54) is 6.07 Å². The summed E-state index contributed by atoms with van der Waals surface area (Å²) in [4.78, 5) is 21.0. The van der Waals surface area contributed by atoms with Crippen molar-refractivity contribution in [2.45, 2.75) is 0 Å². The van der Waals surface area contributed by atoms with E-state index in [2.05, 4.69) is 0 Å². The van der Waals surface area contributed by atoms with E-state index in [9.17, 15) is 14.9 Å². The van der Waals surface area contributed by atoms with Gasteiger partial charge < -0.3 is 7.96 Å². The molecule has 0 bridgehead atoms. The molecule has 6 heteroatoms. The Bertz CT molecular complexity index is 606.